The summed E-state index contributed by atoms with van der Waals surface area (Å²) in [5.41, 5.74) is 2.31. The highest BCUT2D eigenvalue weighted by molar-refractivity contribution is 7.17. The van der Waals surface area contributed by atoms with E-state index in [4.69, 9.17) is 4.74 Å². The number of carbonyl (C=O) groups excluding carboxylic acids is 2. The second-order valence-electron chi connectivity index (χ2n) is 9.24. The van der Waals surface area contributed by atoms with Crippen molar-refractivity contribution < 1.29 is 19.4 Å². The molecule has 7 nitrogen and oxygen atoms in total. The molecule has 200 valence electrons. The van der Waals surface area contributed by atoms with Gasteiger partial charge in [0.05, 0.1) is 28.8 Å². The van der Waals surface area contributed by atoms with Crippen molar-refractivity contribution >= 4 is 23.0 Å². The average molecular weight is 534 g/mol. The Kier molecular flexibility index (Phi) is 8.97. The first kappa shape index (κ1) is 27.5. The summed E-state index contributed by atoms with van der Waals surface area (Å²) in [7, 11) is 0. The predicted octanol–water partition coefficient (Wildman–Crippen LogP) is 5.83. The fourth-order valence-corrected chi connectivity index (χ4v) is 5.71. The molecule has 4 rings (SSSR count). The van der Waals surface area contributed by atoms with Gasteiger partial charge in [0.25, 0.3) is 5.91 Å². The van der Waals surface area contributed by atoms with Gasteiger partial charge in [0, 0.05) is 18.7 Å². The third kappa shape index (κ3) is 5.66. The van der Waals surface area contributed by atoms with Gasteiger partial charge in [-0.25, -0.2) is 4.98 Å². The topological polar surface area (TPSA) is 83.0 Å². The minimum atomic E-state index is -0.725. The first-order valence-corrected chi connectivity index (χ1v) is 14.0. The zero-order chi connectivity index (χ0) is 27.2. The Morgan fingerprint density at radius 3 is 2.53 bits per heavy atom. The zero-order valence-corrected chi connectivity index (χ0v) is 23.3. The lowest BCUT2D eigenvalue weighted by Crippen LogP contribution is -2.38. The molecule has 1 atom stereocenters. The molecule has 0 bridgehead atoms. The first-order valence-electron chi connectivity index (χ1n) is 13.2. The number of nitrogens with zero attached hydrogens (tertiary/aromatic N) is 3. The molecule has 2 aromatic carbocycles. The fraction of sp³-hybridized carbons (Fsp3) is 0.367. The minimum Gasteiger partial charge on any atom is -0.503 e. The summed E-state index contributed by atoms with van der Waals surface area (Å²) in [4.78, 5) is 36.3. The average Bonchev–Trinajstić information content (AvgIpc) is 3.45. The van der Waals surface area contributed by atoms with E-state index >= 15 is 0 Å². The molecule has 0 spiro atoms. The van der Waals surface area contributed by atoms with E-state index in [1.54, 1.807) is 11.8 Å². The van der Waals surface area contributed by atoms with Crippen LogP contribution in [-0.4, -0.2) is 64.4 Å². The summed E-state index contributed by atoms with van der Waals surface area (Å²) in [5.74, 6) is -0.730. The number of aryl methyl sites for hydroxylation is 1. The molecular formula is C30H35N3O4S. The third-order valence-electron chi connectivity index (χ3n) is 6.77. The molecule has 2 heterocycles. The summed E-state index contributed by atoms with van der Waals surface area (Å²) >= 11 is 1.28. The maximum atomic E-state index is 14.0. The van der Waals surface area contributed by atoms with E-state index in [0.29, 0.717) is 36.0 Å². The molecule has 0 fully saturated rings. The monoisotopic (exact) mass is 533 g/mol. The quantitative estimate of drug-likeness (QED) is 0.295. The molecule has 1 aromatic heterocycles. The lowest BCUT2D eigenvalue weighted by Gasteiger charge is -2.29. The van der Waals surface area contributed by atoms with Crippen LogP contribution in [0.3, 0.4) is 0 Å². The van der Waals surface area contributed by atoms with Crippen LogP contribution in [0.5, 0.6) is 5.75 Å². The maximum absolute atomic E-state index is 14.0. The lowest BCUT2D eigenvalue weighted by atomic mass is 9.95. The van der Waals surface area contributed by atoms with Gasteiger partial charge in [-0.2, -0.15) is 0 Å². The number of carbonyl (C=O) groups is 2. The van der Waals surface area contributed by atoms with E-state index in [2.05, 4.69) is 23.7 Å². The number of rotatable bonds is 12. The molecule has 0 saturated carbocycles. The second kappa shape index (κ2) is 12.4. The molecule has 38 heavy (non-hydrogen) atoms. The zero-order valence-electron chi connectivity index (χ0n) is 22.4. The van der Waals surface area contributed by atoms with Crippen molar-refractivity contribution in [1.82, 2.24) is 14.8 Å². The van der Waals surface area contributed by atoms with Crippen molar-refractivity contribution in [3.8, 4) is 16.3 Å². The Morgan fingerprint density at radius 1 is 1.11 bits per heavy atom. The van der Waals surface area contributed by atoms with Gasteiger partial charge < -0.3 is 19.6 Å². The lowest BCUT2D eigenvalue weighted by molar-refractivity contribution is -0.129. The number of aromatic nitrogens is 1. The highest BCUT2D eigenvalue weighted by atomic mass is 32.1. The highest BCUT2D eigenvalue weighted by Crippen LogP contribution is 2.41. The van der Waals surface area contributed by atoms with Gasteiger partial charge in [0.1, 0.15) is 10.8 Å². The summed E-state index contributed by atoms with van der Waals surface area (Å²) in [6.45, 7) is 11.2. The Bertz CT molecular complexity index is 1310. The molecular weight excluding hydrogens is 498 g/mol. The van der Waals surface area contributed by atoms with Crippen molar-refractivity contribution in [3.63, 3.8) is 0 Å². The standard InChI is InChI=1S/C30H35N3O4S/c1-5-18-37-23-15-11-14-22(19-23)25-24(27(35)30(36)33(25)17-16-32(6-2)7-3)26(34)28-20(4)31-29(38-28)21-12-9-8-10-13-21/h8-15,19,25,35H,5-7,16-18H2,1-4H3. The van der Waals surface area contributed by atoms with E-state index in [9.17, 15) is 14.7 Å². The number of hydrogen-bond donors (Lipinski definition) is 1. The number of hydrogen-bond acceptors (Lipinski definition) is 7. The van der Waals surface area contributed by atoms with E-state index in [1.807, 2.05) is 61.5 Å². The van der Waals surface area contributed by atoms with Crippen LogP contribution in [0.2, 0.25) is 0 Å². The maximum Gasteiger partial charge on any atom is 0.290 e. The summed E-state index contributed by atoms with van der Waals surface area (Å²) in [6, 6.07) is 16.4. The fourth-order valence-electron chi connectivity index (χ4n) is 4.68. The number of benzene rings is 2. The summed E-state index contributed by atoms with van der Waals surface area (Å²) in [6.07, 6.45) is 0.862. The van der Waals surface area contributed by atoms with Crippen LogP contribution < -0.4 is 4.74 Å². The van der Waals surface area contributed by atoms with E-state index < -0.39 is 17.7 Å². The molecule has 8 heteroatoms. The highest BCUT2D eigenvalue weighted by Gasteiger charge is 2.44. The van der Waals surface area contributed by atoms with Gasteiger partial charge in [-0.05, 0) is 44.1 Å². The number of thiazole rings is 1. The van der Waals surface area contributed by atoms with Crippen molar-refractivity contribution in [1.29, 1.82) is 0 Å². The number of Topliss-reactive ketones (excluding diaryl/α,β-unsaturated/α-hetero) is 1. The molecule has 1 amide bonds. The van der Waals surface area contributed by atoms with Gasteiger partial charge >= 0.3 is 0 Å². The summed E-state index contributed by atoms with van der Waals surface area (Å²) in [5, 5.41) is 11.8. The summed E-state index contributed by atoms with van der Waals surface area (Å²) < 4.78 is 5.85. The van der Waals surface area contributed by atoms with Crippen LogP contribution in [0.15, 0.2) is 65.9 Å². The Morgan fingerprint density at radius 2 is 1.84 bits per heavy atom. The van der Waals surface area contributed by atoms with Crippen LogP contribution >= 0.6 is 11.3 Å². The van der Waals surface area contributed by atoms with Crippen molar-refractivity contribution in [3.05, 3.63) is 82.1 Å². The van der Waals surface area contributed by atoms with Crippen LogP contribution in [0.25, 0.3) is 10.6 Å². The molecule has 0 aliphatic carbocycles. The minimum absolute atomic E-state index is 0.0913. The molecule has 1 N–H and O–H groups in total. The van der Waals surface area contributed by atoms with Crippen LogP contribution in [-0.2, 0) is 4.79 Å². The molecule has 0 saturated heterocycles. The van der Waals surface area contributed by atoms with E-state index in [1.165, 1.54) is 11.3 Å². The molecule has 0 radical (unpaired) electrons. The van der Waals surface area contributed by atoms with Crippen molar-refractivity contribution in [2.75, 3.05) is 32.8 Å². The third-order valence-corrected chi connectivity index (χ3v) is 7.98. The van der Waals surface area contributed by atoms with E-state index in [-0.39, 0.29) is 11.4 Å². The number of ketones is 1. The normalized spacial score (nSPS) is 15.6. The predicted molar refractivity (Wildman–Crippen MR) is 151 cm³/mol. The van der Waals surface area contributed by atoms with E-state index in [0.717, 1.165) is 35.6 Å². The molecule has 1 unspecified atom stereocenters. The Labute approximate surface area is 228 Å². The number of aliphatic hydroxyl groups is 1. The number of ether oxygens (including phenoxy) is 1. The molecule has 1 aliphatic heterocycles. The van der Waals surface area contributed by atoms with Gasteiger partial charge in [-0.15, -0.1) is 11.3 Å². The number of amides is 1. The van der Waals surface area contributed by atoms with Crippen LogP contribution in [0.1, 0.15) is 54.2 Å². The van der Waals surface area contributed by atoms with Gasteiger partial charge in [-0.1, -0.05) is 63.2 Å². The Balaban J connectivity index is 1.75. The largest absolute Gasteiger partial charge is 0.503 e. The second-order valence-corrected chi connectivity index (χ2v) is 10.2. The molecule has 1 aliphatic rings. The van der Waals surface area contributed by atoms with Crippen molar-refractivity contribution in [2.45, 2.75) is 40.2 Å². The SMILES string of the molecule is CCCOc1cccc(C2C(C(=O)c3sc(-c4ccccc4)nc3C)=C(O)C(=O)N2CCN(CC)CC)c1. The smallest absolute Gasteiger partial charge is 0.290 e. The van der Waals surface area contributed by atoms with Gasteiger partial charge in [0.2, 0.25) is 5.78 Å². The van der Waals surface area contributed by atoms with Gasteiger partial charge in [-0.3, -0.25) is 9.59 Å². The van der Waals surface area contributed by atoms with Crippen molar-refractivity contribution in [2.24, 2.45) is 0 Å². The van der Waals surface area contributed by atoms with Crippen LogP contribution in [0, 0.1) is 6.92 Å². The number of likely N-dealkylation sites (N-methyl/N-ethyl adjacent to an activating group) is 1. The first-order chi connectivity index (χ1) is 18.4. The number of aliphatic hydroxyl groups excluding tert-OH is 1. The van der Waals surface area contributed by atoms with Crippen LogP contribution in [0.4, 0.5) is 0 Å². The van der Waals surface area contributed by atoms with Gasteiger partial charge in [0.15, 0.2) is 5.76 Å². The molecule has 3 aromatic rings. The Hall–Kier alpha value is -3.49.